The van der Waals surface area contributed by atoms with E-state index in [0.29, 0.717) is 18.7 Å². The topological polar surface area (TPSA) is 62.7 Å². The Bertz CT molecular complexity index is 608. The van der Waals surface area contributed by atoms with Crippen LogP contribution in [0.1, 0.15) is 49.4 Å². The number of rotatable bonds is 5. The second kappa shape index (κ2) is 5.46. The summed E-state index contributed by atoms with van der Waals surface area (Å²) in [7, 11) is 0. The first-order valence-corrected chi connectivity index (χ1v) is 7.11. The molecule has 2 aromatic rings. The second-order valence-electron chi connectivity index (χ2n) is 5.33. The van der Waals surface area contributed by atoms with Gasteiger partial charge in [0, 0.05) is 12.8 Å². The van der Waals surface area contributed by atoms with Gasteiger partial charge in [-0.1, -0.05) is 41.9 Å². The van der Waals surface area contributed by atoms with Crippen molar-refractivity contribution in [1.82, 2.24) is 10.1 Å². The van der Waals surface area contributed by atoms with Crippen LogP contribution >= 0.6 is 0 Å². The Hall–Kier alpha value is -2.15. The fourth-order valence-corrected chi connectivity index (χ4v) is 2.80. The zero-order valence-electron chi connectivity index (χ0n) is 11.4. The molecule has 1 heterocycles. The third kappa shape index (κ3) is 2.20. The largest absolute Gasteiger partial charge is 0.339 e. The van der Waals surface area contributed by atoms with E-state index >= 15 is 0 Å². The number of nitrogens with zero attached hydrogens (tertiary/aromatic N) is 3. The van der Waals surface area contributed by atoms with E-state index in [1.807, 2.05) is 6.07 Å². The molecule has 0 unspecified atom stereocenters. The highest BCUT2D eigenvalue weighted by Gasteiger charge is 2.44. The molecule has 1 saturated carbocycles. The molecular formula is C16H17N3O. The van der Waals surface area contributed by atoms with E-state index < -0.39 is 0 Å². The van der Waals surface area contributed by atoms with Gasteiger partial charge in [-0.3, -0.25) is 0 Å². The van der Waals surface area contributed by atoms with E-state index in [9.17, 15) is 0 Å². The highest BCUT2D eigenvalue weighted by molar-refractivity contribution is 5.35. The van der Waals surface area contributed by atoms with Crippen molar-refractivity contribution in [2.75, 3.05) is 0 Å². The number of hydrogen-bond donors (Lipinski definition) is 0. The second-order valence-corrected chi connectivity index (χ2v) is 5.33. The maximum absolute atomic E-state index is 8.56. The Morgan fingerprint density at radius 3 is 2.70 bits per heavy atom. The van der Waals surface area contributed by atoms with Gasteiger partial charge in [0.05, 0.1) is 11.5 Å². The van der Waals surface area contributed by atoms with E-state index in [1.165, 1.54) is 12.0 Å². The van der Waals surface area contributed by atoms with Crippen LogP contribution in [0.2, 0.25) is 0 Å². The lowest BCUT2D eigenvalue weighted by atomic mass is 9.64. The predicted octanol–water partition coefficient (Wildman–Crippen LogP) is 3.39. The molecule has 0 bridgehead atoms. The van der Waals surface area contributed by atoms with E-state index in [2.05, 4.69) is 40.5 Å². The molecule has 4 heteroatoms. The average molecular weight is 267 g/mol. The van der Waals surface area contributed by atoms with E-state index in [-0.39, 0.29) is 5.41 Å². The van der Waals surface area contributed by atoms with Gasteiger partial charge in [0.1, 0.15) is 0 Å². The number of benzene rings is 1. The molecule has 0 radical (unpaired) electrons. The smallest absolute Gasteiger partial charge is 0.226 e. The van der Waals surface area contributed by atoms with Gasteiger partial charge >= 0.3 is 0 Å². The van der Waals surface area contributed by atoms with Crippen molar-refractivity contribution in [3.63, 3.8) is 0 Å². The summed E-state index contributed by atoms with van der Waals surface area (Å²) in [6.45, 7) is 0. The lowest BCUT2D eigenvalue weighted by Crippen LogP contribution is -2.36. The number of unbranched alkanes of at least 4 members (excludes halogenated alkanes) is 1. The van der Waals surface area contributed by atoms with E-state index in [4.69, 9.17) is 9.78 Å². The third-order valence-corrected chi connectivity index (χ3v) is 4.11. The molecule has 1 aromatic carbocycles. The molecule has 3 rings (SSSR count). The standard InChI is InChI=1S/C16H17N3O/c17-12-5-4-9-14-18-15(19-20-14)16(10-6-11-16)13-7-2-1-3-8-13/h1-3,7-8H,4-6,9-11H2. The van der Waals surface area contributed by atoms with Crippen molar-refractivity contribution in [1.29, 1.82) is 5.26 Å². The zero-order valence-corrected chi connectivity index (χ0v) is 11.4. The molecule has 20 heavy (non-hydrogen) atoms. The molecule has 1 fully saturated rings. The van der Waals surface area contributed by atoms with Crippen molar-refractivity contribution in [3.8, 4) is 6.07 Å². The van der Waals surface area contributed by atoms with Crippen LogP contribution in [0.4, 0.5) is 0 Å². The summed E-state index contributed by atoms with van der Waals surface area (Å²) < 4.78 is 5.34. The van der Waals surface area contributed by atoms with E-state index in [1.54, 1.807) is 0 Å². The molecule has 0 aliphatic heterocycles. The quantitative estimate of drug-likeness (QED) is 0.779. The maximum atomic E-state index is 8.56. The highest BCUT2D eigenvalue weighted by Crippen LogP contribution is 2.47. The van der Waals surface area contributed by atoms with Crippen LogP contribution in [-0.4, -0.2) is 10.1 Å². The summed E-state index contributed by atoms with van der Waals surface area (Å²) in [5.41, 5.74) is 1.22. The van der Waals surface area contributed by atoms with Crippen molar-refractivity contribution in [2.24, 2.45) is 0 Å². The Balaban J connectivity index is 1.82. The van der Waals surface area contributed by atoms with Crippen molar-refractivity contribution in [3.05, 3.63) is 47.6 Å². The Labute approximate surface area is 118 Å². The monoisotopic (exact) mass is 267 g/mol. The van der Waals surface area contributed by atoms with Crippen molar-refractivity contribution >= 4 is 0 Å². The van der Waals surface area contributed by atoms with Crippen LogP contribution in [0.25, 0.3) is 0 Å². The lowest BCUT2D eigenvalue weighted by molar-refractivity contribution is 0.271. The average Bonchev–Trinajstić information content (AvgIpc) is 2.88. The summed E-state index contributed by atoms with van der Waals surface area (Å²) >= 11 is 0. The first kappa shape index (κ1) is 12.9. The fourth-order valence-electron chi connectivity index (χ4n) is 2.80. The molecule has 102 valence electrons. The molecule has 0 N–H and O–H groups in total. The molecule has 1 aromatic heterocycles. The van der Waals surface area contributed by atoms with Gasteiger partial charge in [0.15, 0.2) is 5.82 Å². The molecule has 4 nitrogen and oxygen atoms in total. The summed E-state index contributed by atoms with van der Waals surface area (Å²) in [6.07, 6.45) is 5.35. The zero-order chi connectivity index (χ0) is 13.8. The minimum atomic E-state index is -0.0573. The summed E-state index contributed by atoms with van der Waals surface area (Å²) in [6, 6.07) is 12.6. The van der Waals surface area contributed by atoms with E-state index in [0.717, 1.165) is 25.1 Å². The van der Waals surface area contributed by atoms with Gasteiger partial charge in [0.2, 0.25) is 5.89 Å². The summed E-state index contributed by atoms with van der Waals surface area (Å²) in [5, 5.41) is 12.8. The van der Waals surface area contributed by atoms with Crippen LogP contribution in [0.5, 0.6) is 0 Å². The van der Waals surface area contributed by atoms with Crippen molar-refractivity contribution in [2.45, 2.75) is 43.9 Å². The van der Waals surface area contributed by atoms with Crippen LogP contribution in [0.15, 0.2) is 34.9 Å². The maximum Gasteiger partial charge on any atom is 0.226 e. The molecular weight excluding hydrogens is 250 g/mol. The lowest BCUT2D eigenvalue weighted by Gasteiger charge is -2.39. The van der Waals surface area contributed by atoms with Gasteiger partial charge in [-0.25, -0.2) is 0 Å². The van der Waals surface area contributed by atoms with Crippen LogP contribution in [0, 0.1) is 11.3 Å². The third-order valence-electron chi connectivity index (χ3n) is 4.11. The van der Waals surface area contributed by atoms with Gasteiger partial charge in [-0.2, -0.15) is 10.2 Å². The Kier molecular flexibility index (Phi) is 3.51. The minimum absolute atomic E-state index is 0.0573. The van der Waals surface area contributed by atoms with Gasteiger partial charge < -0.3 is 4.52 Å². The highest BCUT2D eigenvalue weighted by atomic mass is 16.5. The summed E-state index contributed by atoms with van der Waals surface area (Å²) in [4.78, 5) is 4.57. The molecule has 0 saturated heterocycles. The number of nitriles is 1. The van der Waals surface area contributed by atoms with Crippen molar-refractivity contribution < 1.29 is 4.52 Å². The Morgan fingerprint density at radius 2 is 2.05 bits per heavy atom. The SMILES string of the molecule is N#CCCCc1nc(C2(c3ccccc3)CCC2)no1. The molecule has 0 spiro atoms. The fraction of sp³-hybridized carbons (Fsp3) is 0.438. The molecule has 1 aliphatic rings. The number of aromatic nitrogens is 2. The number of hydrogen-bond acceptors (Lipinski definition) is 4. The Morgan fingerprint density at radius 1 is 1.25 bits per heavy atom. The van der Waals surface area contributed by atoms with Gasteiger partial charge in [0.25, 0.3) is 0 Å². The van der Waals surface area contributed by atoms with Gasteiger partial charge in [-0.05, 0) is 24.8 Å². The molecule has 1 aliphatic carbocycles. The normalized spacial score (nSPS) is 16.4. The van der Waals surface area contributed by atoms with Crippen LogP contribution in [0.3, 0.4) is 0 Å². The molecule has 0 atom stereocenters. The van der Waals surface area contributed by atoms with Crippen LogP contribution < -0.4 is 0 Å². The molecule has 0 amide bonds. The van der Waals surface area contributed by atoms with Gasteiger partial charge in [-0.15, -0.1) is 0 Å². The predicted molar refractivity (Wildman–Crippen MR) is 73.9 cm³/mol. The first-order chi connectivity index (χ1) is 9.85. The number of aryl methyl sites for hydroxylation is 1. The minimum Gasteiger partial charge on any atom is -0.339 e. The summed E-state index contributed by atoms with van der Waals surface area (Å²) in [5.74, 6) is 1.46. The first-order valence-electron chi connectivity index (χ1n) is 7.11. The van der Waals surface area contributed by atoms with Crippen LogP contribution in [-0.2, 0) is 11.8 Å².